The van der Waals surface area contributed by atoms with Crippen molar-refractivity contribution >= 4 is 16.7 Å². The predicted octanol–water partition coefficient (Wildman–Crippen LogP) is 2.02. The number of amides is 1. The van der Waals surface area contributed by atoms with E-state index in [1.807, 2.05) is 0 Å². The molecular formula is C12H19NO3S-2. The molecule has 98 valence electrons. The van der Waals surface area contributed by atoms with Crippen molar-refractivity contribution < 1.29 is 13.9 Å². The van der Waals surface area contributed by atoms with Crippen molar-refractivity contribution in [3.8, 4) is 0 Å². The van der Waals surface area contributed by atoms with Gasteiger partial charge in [0, 0.05) is 12.3 Å². The highest BCUT2D eigenvalue weighted by molar-refractivity contribution is 8.22. The van der Waals surface area contributed by atoms with Crippen LogP contribution >= 0.6 is 10.8 Å². The van der Waals surface area contributed by atoms with E-state index in [1.54, 1.807) is 0 Å². The Morgan fingerprint density at radius 3 is 2.59 bits per heavy atom. The van der Waals surface area contributed by atoms with Gasteiger partial charge in [-0.15, -0.1) is 0 Å². The number of fused-ring (bicyclic) bond motifs is 1. The quantitative estimate of drug-likeness (QED) is 0.667. The summed E-state index contributed by atoms with van der Waals surface area (Å²) in [6, 6.07) is -0.0706. The van der Waals surface area contributed by atoms with E-state index < -0.39 is 10.8 Å². The van der Waals surface area contributed by atoms with Crippen LogP contribution in [0.15, 0.2) is 0 Å². The summed E-state index contributed by atoms with van der Waals surface area (Å²) < 4.78 is 25.6. The molecule has 4 nitrogen and oxygen atoms in total. The second-order valence-corrected chi connectivity index (χ2v) is 8.28. The zero-order valence-corrected chi connectivity index (χ0v) is 11.4. The monoisotopic (exact) mass is 257 g/mol. The Hall–Kier alpha value is -0.260. The summed E-state index contributed by atoms with van der Waals surface area (Å²) in [5, 5.41) is 0. The van der Waals surface area contributed by atoms with Crippen LogP contribution in [0.2, 0.25) is 0 Å². The van der Waals surface area contributed by atoms with Crippen LogP contribution in [0.5, 0.6) is 0 Å². The highest BCUT2D eigenvalue weighted by atomic mass is 32.3. The minimum absolute atomic E-state index is 0.0505. The molecule has 0 aromatic heterocycles. The van der Waals surface area contributed by atoms with E-state index in [0.29, 0.717) is 5.92 Å². The molecule has 1 saturated heterocycles. The second kappa shape index (κ2) is 3.00. The van der Waals surface area contributed by atoms with Crippen molar-refractivity contribution in [1.29, 1.82) is 0 Å². The van der Waals surface area contributed by atoms with Crippen molar-refractivity contribution in [3.63, 3.8) is 0 Å². The minimum atomic E-state index is -3.38. The molecule has 0 unspecified atom stereocenters. The van der Waals surface area contributed by atoms with Gasteiger partial charge in [-0.05, 0) is 36.3 Å². The van der Waals surface area contributed by atoms with Gasteiger partial charge in [-0.1, -0.05) is 13.8 Å². The molecule has 2 aliphatic carbocycles. The van der Waals surface area contributed by atoms with Gasteiger partial charge in [0.25, 0.3) is 0 Å². The average Bonchev–Trinajstić information content (AvgIpc) is 2.62. The fraction of sp³-hybridized carbons (Fsp3) is 0.917. The van der Waals surface area contributed by atoms with Crippen LogP contribution < -0.4 is 0 Å². The van der Waals surface area contributed by atoms with E-state index in [1.165, 1.54) is 11.2 Å². The normalized spacial score (nSPS) is 47.0. The zero-order chi connectivity index (χ0) is 12.6. The fourth-order valence-electron chi connectivity index (χ4n) is 4.70. The topological polar surface area (TPSA) is 66.4 Å². The molecule has 1 aliphatic heterocycles. The smallest absolute Gasteiger partial charge is 0.232 e. The first-order chi connectivity index (χ1) is 7.72. The molecule has 1 spiro atoms. The first-order valence-electron chi connectivity index (χ1n) is 6.25. The Morgan fingerprint density at radius 2 is 2.06 bits per heavy atom. The first kappa shape index (κ1) is 11.8. The fourth-order valence-corrected chi connectivity index (χ4v) is 7.27. The lowest BCUT2D eigenvalue weighted by atomic mass is 9.69. The van der Waals surface area contributed by atoms with E-state index in [0.717, 1.165) is 19.3 Å². The summed E-state index contributed by atoms with van der Waals surface area (Å²) in [5.41, 5.74) is -0.128. The van der Waals surface area contributed by atoms with Crippen LogP contribution in [0.1, 0.15) is 40.0 Å². The molecule has 0 aromatic rings. The SMILES string of the molecule is CC(=O)N1[C@H]2C[C@@H]3CC[C@@]2(CS1([O-])[O-])C3(C)C. The number of rotatable bonds is 0. The maximum absolute atomic E-state index is 12.2. The molecule has 5 heteroatoms. The summed E-state index contributed by atoms with van der Waals surface area (Å²) in [7, 11) is -3.38. The van der Waals surface area contributed by atoms with E-state index >= 15 is 0 Å². The second-order valence-electron chi connectivity index (χ2n) is 6.44. The zero-order valence-electron chi connectivity index (χ0n) is 10.6. The highest BCUT2D eigenvalue weighted by Crippen LogP contribution is 2.76. The molecule has 17 heavy (non-hydrogen) atoms. The van der Waals surface area contributed by atoms with E-state index in [-0.39, 0.29) is 28.5 Å². The Balaban J connectivity index is 2.09. The molecule has 2 bridgehead atoms. The molecule has 0 N–H and O–H groups in total. The van der Waals surface area contributed by atoms with Crippen molar-refractivity contribution in [2.45, 2.75) is 46.1 Å². The van der Waals surface area contributed by atoms with Gasteiger partial charge in [0.1, 0.15) is 0 Å². The Bertz CT molecular complexity index is 395. The molecule has 1 heterocycles. The van der Waals surface area contributed by atoms with Gasteiger partial charge in [-0.25, -0.2) is 0 Å². The average molecular weight is 257 g/mol. The van der Waals surface area contributed by atoms with Crippen molar-refractivity contribution in [2.24, 2.45) is 16.7 Å². The third-order valence-electron chi connectivity index (χ3n) is 5.72. The van der Waals surface area contributed by atoms with Crippen LogP contribution in [-0.4, -0.2) is 31.1 Å². The van der Waals surface area contributed by atoms with Gasteiger partial charge < -0.3 is 24.2 Å². The van der Waals surface area contributed by atoms with Crippen LogP contribution in [0.3, 0.4) is 0 Å². The molecule has 2 saturated carbocycles. The molecule has 3 fully saturated rings. The van der Waals surface area contributed by atoms with Crippen molar-refractivity contribution in [1.82, 2.24) is 4.31 Å². The van der Waals surface area contributed by atoms with Gasteiger partial charge in [-0.3, -0.25) is 4.79 Å². The number of carbonyl (C=O) groups is 1. The minimum Gasteiger partial charge on any atom is -0.783 e. The number of sulfonamides is 1. The number of hydrogen-bond donors (Lipinski definition) is 0. The molecule has 3 aliphatic rings. The molecule has 3 rings (SSSR count). The standard InChI is InChI=1S/C12H21NO3S/c1-8(14)13-10-6-9-4-5-12(10,11(9,2)3)7-17(13,15)16/h9-10,15-16H,4-7H2,1-3H3/p-2/t9-,10-,12-/m0/s1. The summed E-state index contributed by atoms with van der Waals surface area (Å²) in [4.78, 5) is 11.6. The van der Waals surface area contributed by atoms with Crippen molar-refractivity contribution in [3.05, 3.63) is 0 Å². The van der Waals surface area contributed by atoms with Crippen LogP contribution in [0.25, 0.3) is 0 Å². The van der Waals surface area contributed by atoms with E-state index in [9.17, 15) is 13.9 Å². The summed E-state index contributed by atoms with van der Waals surface area (Å²) >= 11 is 0. The largest absolute Gasteiger partial charge is 0.783 e. The van der Waals surface area contributed by atoms with Crippen LogP contribution in [-0.2, 0) is 4.79 Å². The van der Waals surface area contributed by atoms with Gasteiger partial charge in [0.15, 0.2) is 0 Å². The first-order valence-corrected chi connectivity index (χ1v) is 7.86. The highest BCUT2D eigenvalue weighted by Gasteiger charge is 2.68. The lowest BCUT2D eigenvalue weighted by molar-refractivity contribution is -0.127. The Labute approximate surface area is 104 Å². The number of carbonyl (C=O) groups excluding carboxylic acids is 1. The van der Waals surface area contributed by atoms with Crippen LogP contribution in [0.4, 0.5) is 0 Å². The maximum Gasteiger partial charge on any atom is 0.232 e. The lowest BCUT2D eigenvalue weighted by Gasteiger charge is -2.63. The Kier molecular flexibility index (Phi) is 2.09. The van der Waals surface area contributed by atoms with E-state index in [4.69, 9.17) is 0 Å². The molecule has 1 amide bonds. The maximum atomic E-state index is 12.2. The van der Waals surface area contributed by atoms with Gasteiger partial charge in [0.2, 0.25) is 5.91 Å². The molecule has 0 aromatic carbocycles. The summed E-state index contributed by atoms with van der Waals surface area (Å²) in [6.07, 6.45) is 2.94. The summed E-state index contributed by atoms with van der Waals surface area (Å²) in [6.45, 7) is 5.74. The van der Waals surface area contributed by atoms with Crippen molar-refractivity contribution in [2.75, 3.05) is 5.75 Å². The predicted molar refractivity (Wildman–Crippen MR) is 63.9 cm³/mol. The molecule has 3 atom stereocenters. The van der Waals surface area contributed by atoms with Gasteiger partial charge in [0.05, 0.1) is 6.04 Å². The van der Waals surface area contributed by atoms with Gasteiger partial charge >= 0.3 is 0 Å². The number of hydrogen-bond acceptors (Lipinski definition) is 3. The van der Waals surface area contributed by atoms with E-state index in [2.05, 4.69) is 13.8 Å². The third kappa shape index (κ3) is 1.15. The van der Waals surface area contributed by atoms with Gasteiger partial charge in [-0.2, -0.15) is 0 Å². The summed E-state index contributed by atoms with van der Waals surface area (Å²) in [5.74, 6) is 0.438. The Morgan fingerprint density at radius 1 is 1.41 bits per heavy atom. The third-order valence-corrected chi connectivity index (χ3v) is 7.71. The molecule has 0 radical (unpaired) electrons. The van der Waals surface area contributed by atoms with Crippen LogP contribution in [0, 0.1) is 16.7 Å². The molecular weight excluding hydrogens is 238 g/mol. The lowest BCUT2D eigenvalue weighted by Crippen LogP contribution is -2.43. The number of nitrogens with zero attached hydrogens (tertiary/aromatic N) is 1.